The number of piperidine rings is 1. The second kappa shape index (κ2) is 10.9. The number of carbonyl (C=O) groups is 1. The van der Waals surface area contributed by atoms with E-state index in [1.165, 1.54) is 4.90 Å². The van der Waals surface area contributed by atoms with Crippen LogP contribution in [-0.4, -0.2) is 50.0 Å². The van der Waals surface area contributed by atoms with E-state index in [0.717, 1.165) is 11.6 Å². The molecule has 1 aromatic heterocycles. The molecule has 37 heavy (non-hydrogen) atoms. The maximum atomic E-state index is 13.9. The summed E-state index contributed by atoms with van der Waals surface area (Å²) in [7, 11) is 0. The van der Waals surface area contributed by atoms with E-state index in [2.05, 4.69) is 14.8 Å². The minimum atomic E-state index is -3.31. The highest BCUT2D eigenvalue weighted by Crippen LogP contribution is 2.43. The third kappa shape index (κ3) is 5.81. The summed E-state index contributed by atoms with van der Waals surface area (Å²) in [6.07, 6.45) is -3.95. The highest BCUT2D eigenvalue weighted by molar-refractivity contribution is 5.82. The second-order valence-corrected chi connectivity index (χ2v) is 11.0. The van der Waals surface area contributed by atoms with Gasteiger partial charge < -0.3 is 4.57 Å². The Labute approximate surface area is 234 Å². The standard InChI is InChI=1S/C30H42F2N4O/c1-20(2)29-34-33-21(3)36(29)27-18-25-9-10-26(19-27)35(25)16-13-24(22-7-5-4-6-8-22)17-28(37)23-11-14-30(31,32)15-12-23/h4-8,20,23-27H,9-19H2,1-3H3/t24-,25?,26?,27?/m1/s1/i4D,5D,6D,7D,8D,13D2,16D2,24D. The summed E-state index contributed by atoms with van der Waals surface area (Å²) in [4.78, 5) is 15.1. The zero-order chi connectivity index (χ0) is 35.0. The lowest BCUT2D eigenvalue weighted by Crippen LogP contribution is -2.44. The van der Waals surface area contributed by atoms with Crippen LogP contribution in [0.5, 0.6) is 0 Å². The SMILES string of the molecule is [2H]c1c([2H])c([2H])c([C@@]([2H])(CC(=O)C2CCC(F)(F)CC2)C([2H])([2H])C([2H])([2H])N2C3CCC2CC(n2c(C)nnc2C(C)C)C3)c([2H])c1[2H]. The van der Waals surface area contributed by atoms with Crippen LogP contribution >= 0.6 is 0 Å². The first-order chi connectivity index (χ1) is 21.7. The predicted octanol–water partition coefficient (Wildman–Crippen LogP) is 6.84. The largest absolute Gasteiger partial charge is 0.312 e. The van der Waals surface area contributed by atoms with Gasteiger partial charge in [-0.2, -0.15) is 0 Å². The molecule has 7 heteroatoms. The van der Waals surface area contributed by atoms with Gasteiger partial charge in [0.1, 0.15) is 17.4 Å². The number of nitrogens with zero attached hydrogens (tertiary/aromatic N) is 4. The smallest absolute Gasteiger partial charge is 0.248 e. The van der Waals surface area contributed by atoms with Crippen molar-refractivity contribution in [3.05, 3.63) is 47.4 Å². The molecule has 2 saturated heterocycles. The maximum Gasteiger partial charge on any atom is 0.248 e. The van der Waals surface area contributed by atoms with Crippen LogP contribution in [0.4, 0.5) is 8.78 Å². The van der Waals surface area contributed by atoms with Crippen molar-refractivity contribution in [3.8, 4) is 0 Å². The lowest BCUT2D eigenvalue weighted by Gasteiger charge is -2.40. The Morgan fingerprint density at radius 3 is 2.38 bits per heavy atom. The molecule has 5 rings (SSSR count). The summed E-state index contributed by atoms with van der Waals surface area (Å²) in [5, 5.41) is 8.59. The first-order valence-corrected chi connectivity index (χ1v) is 13.3. The fourth-order valence-electron chi connectivity index (χ4n) is 6.18. The van der Waals surface area contributed by atoms with Crippen molar-refractivity contribution < 1.29 is 27.3 Å². The van der Waals surface area contributed by atoms with E-state index in [9.17, 15) is 20.4 Å². The number of hydrogen-bond acceptors (Lipinski definition) is 4. The van der Waals surface area contributed by atoms with Crippen LogP contribution in [0.2, 0.25) is 0 Å². The number of aryl methyl sites for hydroxylation is 1. The van der Waals surface area contributed by atoms with Crippen LogP contribution < -0.4 is 0 Å². The summed E-state index contributed by atoms with van der Waals surface area (Å²) >= 11 is 0. The molecule has 0 amide bonds. The number of aromatic nitrogens is 3. The number of ketones is 1. The summed E-state index contributed by atoms with van der Waals surface area (Å²) in [6.45, 7) is 2.91. The molecule has 3 atom stereocenters. The summed E-state index contributed by atoms with van der Waals surface area (Å²) in [6, 6.07) is -5.28. The molecule has 2 unspecified atom stereocenters. The Bertz CT molecular complexity index is 1500. The number of carbonyl (C=O) groups excluding carboxylic acids is 1. The zero-order valence-electron chi connectivity index (χ0n) is 31.7. The van der Waals surface area contributed by atoms with Gasteiger partial charge >= 0.3 is 0 Å². The molecular formula is C30H42F2N4O. The molecule has 202 valence electrons. The zero-order valence-corrected chi connectivity index (χ0v) is 21.7. The van der Waals surface area contributed by atoms with Crippen molar-refractivity contribution >= 4 is 5.78 Å². The number of benzene rings is 1. The van der Waals surface area contributed by atoms with Gasteiger partial charge in [0.25, 0.3) is 0 Å². The lowest BCUT2D eigenvalue weighted by atomic mass is 9.79. The van der Waals surface area contributed by atoms with Gasteiger partial charge in [0.05, 0.1) is 6.85 Å². The number of Topliss-reactive ketones (excluding diaryl/α,β-unsaturated/α-hetero) is 1. The summed E-state index contributed by atoms with van der Waals surface area (Å²) < 4.78 is 119. The van der Waals surface area contributed by atoms with Crippen molar-refractivity contribution in [3.63, 3.8) is 0 Å². The third-order valence-electron chi connectivity index (χ3n) is 8.14. The van der Waals surface area contributed by atoms with Gasteiger partial charge in [-0.1, -0.05) is 44.1 Å². The molecule has 1 aliphatic carbocycles. The van der Waals surface area contributed by atoms with Gasteiger partial charge in [-0.15, -0.1) is 10.2 Å². The van der Waals surface area contributed by atoms with Crippen molar-refractivity contribution in [2.45, 2.75) is 121 Å². The van der Waals surface area contributed by atoms with Gasteiger partial charge in [-0.3, -0.25) is 9.69 Å². The predicted molar refractivity (Wildman–Crippen MR) is 141 cm³/mol. The molecule has 1 saturated carbocycles. The van der Waals surface area contributed by atoms with Crippen LogP contribution in [0.25, 0.3) is 0 Å². The van der Waals surface area contributed by atoms with Crippen molar-refractivity contribution in [1.82, 2.24) is 19.7 Å². The monoisotopic (exact) mass is 522 g/mol. The Morgan fingerprint density at radius 1 is 1.11 bits per heavy atom. The van der Waals surface area contributed by atoms with E-state index in [1.807, 2.05) is 20.8 Å². The van der Waals surface area contributed by atoms with E-state index in [-0.39, 0.29) is 24.8 Å². The Hall–Kier alpha value is -2.15. The first kappa shape index (κ1) is 16.7. The lowest BCUT2D eigenvalue weighted by molar-refractivity contribution is -0.127. The molecule has 2 bridgehead atoms. The normalized spacial score (nSPS) is 32.5. The second-order valence-electron chi connectivity index (χ2n) is 11.0. The van der Waals surface area contributed by atoms with Crippen LogP contribution in [0.1, 0.15) is 127 Å². The molecular weight excluding hydrogens is 470 g/mol. The molecule has 1 aromatic carbocycles. The van der Waals surface area contributed by atoms with Gasteiger partial charge in [0.15, 0.2) is 0 Å². The first-order valence-electron chi connectivity index (χ1n) is 18.3. The number of hydrogen-bond donors (Lipinski definition) is 0. The number of alkyl halides is 2. The molecule has 0 radical (unpaired) electrons. The molecule has 3 fully saturated rings. The Kier molecular flexibility index (Phi) is 4.94. The van der Waals surface area contributed by atoms with Crippen molar-refractivity contribution in [1.29, 1.82) is 0 Å². The van der Waals surface area contributed by atoms with Crippen LogP contribution in [0.15, 0.2) is 30.2 Å². The highest BCUT2D eigenvalue weighted by Gasteiger charge is 2.42. The molecule has 2 aromatic rings. The minimum absolute atomic E-state index is 0.0781. The summed E-state index contributed by atoms with van der Waals surface area (Å²) in [5.74, 6) is -6.10. The van der Waals surface area contributed by atoms with E-state index in [1.54, 1.807) is 0 Å². The highest BCUT2D eigenvalue weighted by atomic mass is 19.3. The number of halogens is 2. The molecule has 0 N–H and O–H groups in total. The van der Waals surface area contributed by atoms with Crippen LogP contribution in [0.3, 0.4) is 0 Å². The van der Waals surface area contributed by atoms with Gasteiger partial charge in [0, 0.05) is 56.1 Å². The Balaban J connectivity index is 1.56. The van der Waals surface area contributed by atoms with Crippen molar-refractivity contribution in [2.75, 3.05) is 6.50 Å². The van der Waals surface area contributed by atoms with E-state index >= 15 is 0 Å². The molecule has 2 aliphatic heterocycles. The van der Waals surface area contributed by atoms with Crippen LogP contribution in [-0.2, 0) is 4.79 Å². The van der Waals surface area contributed by atoms with Crippen molar-refractivity contribution in [2.24, 2.45) is 5.92 Å². The fourth-order valence-corrected chi connectivity index (χ4v) is 6.18. The fraction of sp³-hybridized carbons (Fsp3) is 0.700. The molecule has 5 nitrogen and oxygen atoms in total. The molecule has 0 spiro atoms. The van der Waals surface area contributed by atoms with E-state index < -0.39 is 104 Å². The third-order valence-corrected chi connectivity index (χ3v) is 8.14. The van der Waals surface area contributed by atoms with Gasteiger partial charge in [0.2, 0.25) is 5.92 Å². The van der Waals surface area contributed by atoms with Crippen LogP contribution in [0, 0.1) is 12.8 Å². The summed E-state index contributed by atoms with van der Waals surface area (Å²) in [5.41, 5.74) is -0.823. The number of rotatable bonds is 9. The quantitative estimate of drug-likeness (QED) is 0.362. The van der Waals surface area contributed by atoms with Gasteiger partial charge in [-0.25, -0.2) is 8.78 Å². The molecule has 3 aliphatic rings. The number of fused-ring (bicyclic) bond motifs is 2. The maximum absolute atomic E-state index is 13.9. The minimum Gasteiger partial charge on any atom is -0.312 e. The van der Waals surface area contributed by atoms with E-state index in [0.29, 0.717) is 25.7 Å². The van der Waals surface area contributed by atoms with E-state index in [4.69, 9.17) is 6.85 Å². The average molecular weight is 523 g/mol. The average Bonchev–Trinajstić information content (AvgIpc) is 3.51. The topological polar surface area (TPSA) is 51.0 Å². The Morgan fingerprint density at radius 2 is 1.76 bits per heavy atom. The molecule has 3 heterocycles. The van der Waals surface area contributed by atoms with Gasteiger partial charge in [-0.05, 0) is 69.8 Å².